The molecule has 4 aromatic rings. The van der Waals surface area contributed by atoms with Gasteiger partial charge < -0.3 is 10.6 Å². The van der Waals surface area contributed by atoms with Crippen molar-refractivity contribution in [3.8, 4) is 5.69 Å². The molecule has 0 saturated heterocycles. The molecule has 0 radical (unpaired) electrons. The van der Waals surface area contributed by atoms with Crippen LogP contribution in [-0.4, -0.2) is 26.6 Å². The smallest absolute Gasteiger partial charge is 0.266 e. The molecule has 2 N–H and O–H groups in total. The molecular formula is C21H15F2N5O2S. The number of aromatic nitrogens is 3. The van der Waals surface area contributed by atoms with Crippen molar-refractivity contribution in [2.75, 3.05) is 10.6 Å². The molecule has 0 unspecified atom stereocenters. The highest BCUT2D eigenvalue weighted by atomic mass is 32.1. The van der Waals surface area contributed by atoms with Crippen LogP contribution in [0.2, 0.25) is 0 Å². The first-order chi connectivity index (χ1) is 14.9. The third-order valence-electron chi connectivity index (χ3n) is 4.32. The van der Waals surface area contributed by atoms with Crippen molar-refractivity contribution in [3.63, 3.8) is 0 Å². The zero-order chi connectivity index (χ0) is 22.0. The Morgan fingerprint density at radius 3 is 2.58 bits per heavy atom. The number of benzene rings is 2. The first-order valence-corrected chi connectivity index (χ1v) is 9.85. The van der Waals surface area contributed by atoms with Crippen LogP contribution >= 0.6 is 11.3 Å². The fraction of sp³-hybridized carbons (Fsp3) is 0.0476. The van der Waals surface area contributed by atoms with E-state index in [1.165, 1.54) is 47.7 Å². The summed E-state index contributed by atoms with van der Waals surface area (Å²) in [6.07, 6.45) is 2.66. The Bertz CT molecular complexity index is 1270. The number of halogens is 2. The Morgan fingerprint density at radius 2 is 1.87 bits per heavy atom. The molecule has 10 heteroatoms. The molecule has 0 aliphatic carbocycles. The molecule has 2 aromatic carbocycles. The van der Waals surface area contributed by atoms with Crippen molar-refractivity contribution in [3.05, 3.63) is 88.8 Å². The average molecular weight is 439 g/mol. The van der Waals surface area contributed by atoms with E-state index in [0.717, 1.165) is 17.4 Å². The molecule has 0 aliphatic heterocycles. The lowest BCUT2D eigenvalue weighted by molar-refractivity contribution is 0.101. The van der Waals surface area contributed by atoms with E-state index >= 15 is 0 Å². The van der Waals surface area contributed by atoms with Gasteiger partial charge in [-0.25, -0.2) is 18.4 Å². The average Bonchev–Trinajstić information content (AvgIpc) is 3.38. The third-order valence-corrected chi connectivity index (χ3v) is 5.47. The number of carbonyl (C=O) groups excluding carboxylic acids is 2. The molecular weight excluding hydrogens is 424 g/mol. The van der Waals surface area contributed by atoms with Crippen LogP contribution in [0.1, 0.15) is 25.6 Å². The summed E-state index contributed by atoms with van der Waals surface area (Å²) in [5.41, 5.74) is 1.27. The molecule has 7 nitrogen and oxygen atoms in total. The Kier molecular flexibility index (Phi) is 5.54. The second-order valence-corrected chi connectivity index (χ2v) is 7.60. The van der Waals surface area contributed by atoms with E-state index in [4.69, 9.17) is 0 Å². The summed E-state index contributed by atoms with van der Waals surface area (Å²) >= 11 is 1.07. The highest BCUT2D eigenvalue weighted by Gasteiger charge is 2.17. The summed E-state index contributed by atoms with van der Waals surface area (Å²) in [7, 11) is 0. The highest BCUT2D eigenvalue weighted by Crippen LogP contribution is 2.28. The van der Waals surface area contributed by atoms with Crippen LogP contribution < -0.4 is 10.6 Å². The standard InChI is InChI=1S/C21H15F2N5O2S/c1-12-7-18(27-20(29)13-3-2-4-14(22)8-13)31-19(12)21(30)26-15-5-6-17(16(23)9-15)28-11-24-10-25-28/h2-11H,1H3,(H,26,30)(H,27,29). The molecule has 156 valence electrons. The van der Waals surface area contributed by atoms with Crippen LogP contribution in [0.15, 0.2) is 61.2 Å². The van der Waals surface area contributed by atoms with Crippen LogP contribution in [0.5, 0.6) is 0 Å². The van der Waals surface area contributed by atoms with E-state index in [-0.39, 0.29) is 16.9 Å². The summed E-state index contributed by atoms with van der Waals surface area (Å²) < 4.78 is 29.0. The van der Waals surface area contributed by atoms with Crippen LogP contribution in [0.3, 0.4) is 0 Å². The SMILES string of the molecule is Cc1cc(NC(=O)c2cccc(F)c2)sc1C(=O)Nc1ccc(-n2cncn2)c(F)c1. The predicted molar refractivity (Wildman–Crippen MR) is 113 cm³/mol. The second kappa shape index (κ2) is 8.44. The van der Waals surface area contributed by atoms with E-state index in [1.54, 1.807) is 19.1 Å². The largest absolute Gasteiger partial charge is 0.321 e. The number of nitrogens with one attached hydrogen (secondary N) is 2. The van der Waals surface area contributed by atoms with Gasteiger partial charge in [0, 0.05) is 11.3 Å². The summed E-state index contributed by atoms with van der Waals surface area (Å²) in [5.74, 6) is -2.02. The first-order valence-electron chi connectivity index (χ1n) is 9.04. The minimum absolute atomic E-state index is 0.167. The predicted octanol–water partition coefficient (Wildman–Crippen LogP) is 4.42. The van der Waals surface area contributed by atoms with E-state index in [2.05, 4.69) is 20.7 Å². The van der Waals surface area contributed by atoms with Crippen molar-refractivity contribution < 1.29 is 18.4 Å². The molecule has 31 heavy (non-hydrogen) atoms. The number of nitrogens with zero attached hydrogens (tertiary/aromatic N) is 3. The van der Waals surface area contributed by atoms with Gasteiger partial charge in [-0.05, 0) is 55.0 Å². The van der Waals surface area contributed by atoms with Crippen molar-refractivity contribution >= 4 is 33.8 Å². The Labute approximate surface area is 179 Å². The monoisotopic (exact) mass is 439 g/mol. The molecule has 2 aromatic heterocycles. The van der Waals surface area contributed by atoms with Gasteiger partial charge in [-0.3, -0.25) is 9.59 Å². The van der Waals surface area contributed by atoms with E-state index in [0.29, 0.717) is 15.4 Å². The first kappa shape index (κ1) is 20.4. The van der Waals surface area contributed by atoms with Gasteiger partial charge in [-0.1, -0.05) is 6.07 Å². The fourth-order valence-corrected chi connectivity index (χ4v) is 3.84. The number of aryl methyl sites for hydroxylation is 1. The Balaban J connectivity index is 1.48. The Hall–Kier alpha value is -3.92. The molecule has 0 bridgehead atoms. The minimum Gasteiger partial charge on any atom is -0.321 e. The summed E-state index contributed by atoms with van der Waals surface area (Å²) in [4.78, 5) is 29.1. The third kappa shape index (κ3) is 4.48. The molecule has 2 amide bonds. The normalized spacial score (nSPS) is 10.7. The molecule has 0 aliphatic rings. The van der Waals surface area contributed by atoms with Crippen LogP contribution in [0.25, 0.3) is 5.69 Å². The highest BCUT2D eigenvalue weighted by molar-refractivity contribution is 7.18. The van der Waals surface area contributed by atoms with Crippen LogP contribution in [-0.2, 0) is 0 Å². The number of carbonyl (C=O) groups is 2. The molecule has 2 heterocycles. The van der Waals surface area contributed by atoms with Gasteiger partial charge in [0.1, 0.15) is 24.2 Å². The van der Waals surface area contributed by atoms with Crippen molar-refractivity contribution in [2.24, 2.45) is 0 Å². The summed E-state index contributed by atoms with van der Waals surface area (Å²) in [5, 5.41) is 9.61. The quantitative estimate of drug-likeness (QED) is 0.482. The van der Waals surface area contributed by atoms with Gasteiger partial charge in [0.25, 0.3) is 11.8 Å². The van der Waals surface area contributed by atoms with Crippen LogP contribution in [0.4, 0.5) is 19.5 Å². The maximum absolute atomic E-state index is 14.4. The number of thiophene rings is 1. The number of anilines is 2. The number of rotatable bonds is 5. The molecule has 0 atom stereocenters. The van der Waals surface area contributed by atoms with E-state index < -0.39 is 23.4 Å². The molecule has 0 spiro atoms. The maximum Gasteiger partial charge on any atom is 0.266 e. The maximum atomic E-state index is 14.4. The second-order valence-electron chi connectivity index (χ2n) is 6.55. The van der Waals surface area contributed by atoms with Gasteiger partial charge in [-0.2, -0.15) is 5.10 Å². The fourth-order valence-electron chi connectivity index (χ4n) is 2.87. The van der Waals surface area contributed by atoms with Gasteiger partial charge in [0.05, 0.1) is 9.88 Å². The topological polar surface area (TPSA) is 88.9 Å². The molecule has 0 saturated carbocycles. The lowest BCUT2D eigenvalue weighted by Crippen LogP contribution is -2.12. The van der Waals surface area contributed by atoms with Gasteiger partial charge in [0.2, 0.25) is 0 Å². The van der Waals surface area contributed by atoms with Gasteiger partial charge >= 0.3 is 0 Å². The lowest BCUT2D eigenvalue weighted by atomic mass is 10.2. The van der Waals surface area contributed by atoms with E-state index in [9.17, 15) is 18.4 Å². The lowest BCUT2D eigenvalue weighted by Gasteiger charge is -2.07. The Morgan fingerprint density at radius 1 is 1.03 bits per heavy atom. The molecule has 4 rings (SSSR count). The van der Waals surface area contributed by atoms with Crippen molar-refractivity contribution in [1.29, 1.82) is 0 Å². The zero-order valence-electron chi connectivity index (χ0n) is 16.1. The number of hydrogen-bond donors (Lipinski definition) is 2. The summed E-state index contributed by atoms with van der Waals surface area (Å²) in [6.45, 7) is 1.72. The van der Waals surface area contributed by atoms with Gasteiger partial charge in [0.15, 0.2) is 5.82 Å². The molecule has 0 fully saturated rings. The van der Waals surface area contributed by atoms with Crippen molar-refractivity contribution in [2.45, 2.75) is 6.92 Å². The van der Waals surface area contributed by atoms with Gasteiger partial charge in [-0.15, -0.1) is 11.3 Å². The zero-order valence-corrected chi connectivity index (χ0v) is 16.9. The van der Waals surface area contributed by atoms with Crippen molar-refractivity contribution in [1.82, 2.24) is 14.8 Å². The summed E-state index contributed by atoms with van der Waals surface area (Å²) in [6, 6.07) is 11.2. The van der Waals surface area contributed by atoms with Crippen LogP contribution in [0, 0.1) is 18.6 Å². The number of amides is 2. The van der Waals surface area contributed by atoms with E-state index in [1.807, 2.05) is 0 Å². The number of hydrogen-bond acceptors (Lipinski definition) is 5. The minimum atomic E-state index is -0.575.